The van der Waals surface area contributed by atoms with Crippen molar-refractivity contribution in [3.05, 3.63) is 70.4 Å². The Kier molecular flexibility index (Phi) is 12.7. The molecular formula is C27H31N3O9S. The topological polar surface area (TPSA) is 176 Å². The third-order valence-corrected chi connectivity index (χ3v) is 6.62. The monoisotopic (exact) mass is 573 g/mol. The molecule has 3 aromatic rings. The van der Waals surface area contributed by atoms with Gasteiger partial charge in [-0.1, -0.05) is 42.5 Å². The first-order valence-electron chi connectivity index (χ1n) is 12.1. The van der Waals surface area contributed by atoms with Crippen LogP contribution in [0.25, 0.3) is 10.8 Å². The van der Waals surface area contributed by atoms with Crippen molar-refractivity contribution in [2.45, 2.75) is 13.1 Å². The van der Waals surface area contributed by atoms with Crippen LogP contribution in [0.1, 0.15) is 11.1 Å². The number of fused-ring (bicyclic) bond motifs is 1. The summed E-state index contributed by atoms with van der Waals surface area (Å²) < 4.78 is 0. The second-order valence-electron chi connectivity index (χ2n) is 8.79. The SMILES string of the molecule is CN(Cc1ccsc1)C(=O)CN1CCN(Cc2cccc3ccccc23)CC1.O=C(O)C(=O)O.O=C(O)C(=O)O. The van der Waals surface area contributed by atoms with E-state index in [-0.39, 0.29) is 5.91 Å². The molecule has 0 bridgehead atoms. The summed E-state index contributed by atoms with van der Waals surface area (Å²) in [5.74, 6) is -7.09. The zero-order valence-corrected chi connectivity index (χ0v) is 22.6. The smallest absolute Gasteiger partial charge is 0.414 e. The van der Waals surface area contributed by atoms with E-state index in [1.54, 1.807) is 11.3 Å². The molecule has 1 aliphatic rings. The average Bonchev–Trinajstić information content (AvgIpc) is 3.43. The van der Waals surface area contributed by atoms with Crippen molar-refractivity contribution in [1.29, 1.82) is 0 Å². The Balaban J connectivity index is 0.000000393. The summed E-state index contributed by atoms with van der Waals surface area (Å²) in [6.45, 7) is 6.09. The molecule has 0 aliphatic carbocycles. The molecule has 40 heavy (non-hydrogen) atoms. The first kappa shape index (κ1) is 31.9. The fourth-order valence-electron chi connectivity index (χ4n) is 3.83. The lowest BCUT2D eigenvalue weighted by molar-refractivity contribution is -0.159. The van der Waals surface area contributed by atoms with Crippen molar-refractivity contribution in [2.24, 2.45) is 0 Å². The Hall–Kier alpha value is -4.33. The number of carboxylic acid groups (broad SMARTS) is 4. The number of piperazine rings is 1. The van der Waals surface area contributed by atoms with Gasteiger partial charge in [0, 0.05) is 46.3 Å². The molecular weight excluding hydrogens is 542 g/mol. The third-order valence-electron chi connectivity index (χ3n) is 5.89. The summed E-state index contributed by atoms with van der Waals surface area (Å²) in [5, 5.41) is 36.4. The number of amides is 1. The van der Waals surface area contributed by atoms with Gasteiger partial charge in [0.2, 0.25) is 5.91 Å². The Bertz CT molecular complexity index is 1250. The van der Waals surface area contributed by atoms with Gasteiger partial charge in [-0.25, -0.2) is 19.2 Å². The highest BCUT2D eigenvalue weighted by Crippen LogP contribution is 2.20. The van der Waals surface area contributed by atoms with Crippen molar-refractivity contribution in [2.75, 3.05) is 39.8 Å². The van der Waals surface area contributed by atoms with E-state index in [2.05, 4.69) is 69.1 Å². The zero-order valence-electron chi connectivity index (χ0n) is 21.8. The van der Waals surface area contributed by atoms with Gasteiger partial charge < -0.3 is 25.3 Å². The number of thiophene rings is 1. The van der Waals surface area contributed by atoms with Gasteiger partial charge in [-0.3, -0.25) is 14.6 Å². The summed E-state index contributed by atoms with van der Waals surface area (Å²) in [7, 11) is 1.90. The molecule has 12 nitrogen and oxygen atoms in total. The van der Waals surface area contributed by atoms with E-state index >= 15 is 0 Å². The number of hydrogen-bond acceptors (Lipinski definition) is 8. The Morgan fingerprint density at radius 3 is 1.88 bits per heavy atom. The molecule has 0 unspecified atom stereocenters. The van der Waals surface area contributed by atoms with Crippen molar-refractivity contribution >= 4 is 51.9 Å². The van der Waals surface area contributed by atoms with E-state index < -0.39 is 23.9 Å². The standard InChI is InChI=1S/C23H27N3OS.2C2H2O4/c1-24(15-19-9-14-28-18-19)23(27)17-26-12-10-25(11-13-26)16-21-7-4-6-20-5-2-3-8-22(20)21;2*3-1(4)2(5)6/h2-9,14,18H,10-13,15-17H2,1H3;2*(H,3,4)(H,5,6). The average molecular weight is 574 g/mol. The van der Waals surface area contributed by atoms with Crippen LogP contribution in [0.3, 0.4) is 0 Å². The number of carboxylic acids is 4. The lowest BCUT2D eigenvalue weighted by Gasteiger charge is -2.35. The molecule has 13 heteroatoms. The van der Waals surface area contributed by atoms with Crippen LogP contribution in [-0.4, -0.2) is 105 Å². The zero-order chi connectivity index (χ0) is 29.7. The fourth-order valence-corrected chi connectivity index (χ4v) is 4.49. The van der Waals surface area contributed by atoms with Crippen LogP contribution in [0.15, 0.2) is 59.3 Å². The Labute approximate surface area is 234 Å². The first-order valence-corrected chi connectivity index (χ1v) is 13.0. The van der Waals surface area contributed by atoms with Crippen molar-refractivity contribution in [3.8, 4) is 0 Å². The molecule has 1 fully saturated rings. The van der Waals surface area contributed by atoms with Crippen molar-refractivity contribution in [3.63, 3.8) is 0 Å². The molecule has 2 heterocycles. The number of carbonyl (C=O) groups excluding carboxylic acids is 1. The van der Waals surface area contributed by atoms with E-state index in [9.17, 15) is 4.79 Å². The largest absolute Gasteiger partial charge is 0.473 e. The van der Waals surface area contributed by atoms with Gasteiger partial charge in [0.25, 0.3) is 0 Å². The van der Waals surface area contributed by atoms with Crippen molar-refractivity contribution < 1.29 is 44.4 Å². The highest BCUT2D eigenvalue weighted by atomic mass is 32.1. The predicted molar refractivity (Wildman–Crippen MR) is 147 cm³/mol. The molecule has 0 saturated carbocycles. The minimum absolute atomic E-state index is 0.203. The first-order chi connectivity index (χ1) is 19.0. The fraction of sp³-hybridized carbons (Fsp3) is 0.296. The van der Waals surface area contributed by atoms with Crippen molar-refractivity contribution in [1.82, 2.24) is 14.7 Å². The van der Waals surface area contributed by atoms with E-state index in [1.165, 1.54) is 21.9 Å². The Morgan fingerprint density at radius 1 is 0.775 bits per heavy atom. The molecule has 1 saturated heterocycles. The van der Waals surface area contributed by atoms with Gasteiger partial charge in [0.1, 0.15) is 0 Å². The van der Waals surface area contributed by atoms with E-state index in [4.69, 9.17) is 39.6 Å². The van der Waals surface area contributed by atoms with E-state index in [1.807, 2.05) is 11.9 Å². The number of aliphatic carboxylic acids is 4. The van der Waals surface area contributed by atoms with Gasteiger partial charge in [-0.2, -0.15) is 11.3 Å². The molecule has 1 amide bonds. The second-order valence-corrected chi connectivity index (χ2v) is 9.57. The summed E-state index contributed by atoms with van der Waals surface area (Å²) in [6, 6.07) is 17.2. The lowest BCUT2D eigenvalue weighted by Crippen LogP contribution is -2.49. The molecule has 0 spiro atoms. The van der Waals surface area contributed by atoms with Crippen LogP contribution in [0.5, 0.6) is 0 Å². The van der Waals surface area contributed by atoms with Gasteiger partial charge in [-0.05, 0) is 38.7 Å². The maximum atomic E-state index is 12.5. The van der Waals surface area contributed by atoms with Gasteiger partial charge in [-0.15, -0.1) is 0 Å². The van der Waals surface area contributed by atoms with Crippen LogP contribution in [0.2, 0.25) is 0 Å². The summed E-state index contributed by atoms with van der Waals surface area (Å²) in [6.07, 6.45) is 0. The van der Waals surface area contributed by atoms with Crippen LogP contribution in [-0.2, 0) is 37.1 Å². The molecule has 0 atom stereocenters. The van der Waals surface area contributed by atoms with Crippen LogP contribution >= 0.6 is 11.3 Å². The minimum Gasteiger partial charge on any atom is -0.473 e. The molecule has 214 valence electrons. The molecule has 4 N–H and O–H groups in total. The minimum atomic E-state index is -1.82. The number of rotatable bonds is 6. The van der Waals surface area contributed by atoms with Crippen LogP contribution in [0, 0.1) is 0 Å². The number of hydrogen-bond donors (Lipinski definition) is 4. The quantitative estimate of drug-likeness (QED) is 0.317. The summed E-state index contributed by atoms with van der Waals surface area (Å²) >= 11 is 1.68. The number of benzene rings is 2. The predicted octanol–water partition coefficient (Wildman–Crippen LogP) is 1.99. The van der Waals surface area contributed by atoms with Gasteiger partial charge in [0.15, 0.2) is 0 Å². The molecule has 1 aromatic heterocycles. The maximum Gasteiger partial charge on any atom is 0.414 e. The lowest BCUT2D eigenvalue weighted by atomic mass is 10.0. The van der Waals surface area contributed by atoms with Gasteiger partial charge >= 0.3 is 23.9 Å². The Morgan fingerprint density at radius 2 is 1.32 bits per heavy atom. The van der Waals surface area contributed by atoms with E-state index in [0.29, 0.717) is 13.1 Å². The number of carbonyl (C=O) groups is 5. The van der Waals surface area contributed by atoms with Crippen LogP contribution in [0.4, 0.5) is 0 Å². The normalized spacial score (nSPS) is 13.2. The molecule has 0 radical (unpaired) electrons. The number of likely N-dealkylation sites (N-methyl/N-ethyl adjacent to an activating group) is 1. The molecule has 4 rings (SSSR count). The highest BCUT2D eigenvalue weighted by molar-refractivity contribution is 7.07. The van der Waals surface area contributed by atoms with Crippen LogP contribution < -0.4 is 0 Å². The summed E-state index contributed by atoms with van der Waals surface area (Å²) in [4.78, 5) is 55.5. The highest BCUT2D eigenvalue weighted by Gasteiger charge is 2.21. The molecule has 2 aromatic carbocycles. The maximum absolute atomic E-state index is 12.5. The third kappa shape index (κ3) is 10.8. The van der Waals surface area contributed by atoms with Gasteiger partial charge in [0.05, 0.1) is 6.54 Å². The summed E-state index contributed by atoms with van der Waals surface area (Å²) in [5.41, 5.74) is 2.60. The number of nitrogens with zero attached hydrogens (tertiary/aromatic N) is 3. The van der Waals surface area contributed by atoms with E-state index in [0.717, 1.165) is 32.7 Å². The second kappa shape index (κ2) is 15.9. The molecule has 1 aliphatic heterocycles.